The van der Waals surface area contributed by atoms with Crippen LogP contribution >= 0.6 is 0 Å². The van der Waals surface area contributed by atoms with Crippen LogP contribution < -0.4 is 0 Å². The average molecular weight is 354 g/mol. The van der Waals surface area contributed by atoms with Gasteiger partial charge in [0.05, 0.1) is 11.1 Å². The molecule has 0 spiro atoms. The van der Waals surface area contributed by atoms with Gasteiger partial charge in [0.15, 0.2) is 0 Å². The van der Waals surface area contributed by atoms with E-state index in [0.29, 0.717) is 11.1 Å². The van der Waals surface area contributed by atoms with Crippen molar-refractivity contribution in [3.8, 4) is 0 Å². The summed E-state index contributed by atoms with van der Waals surface area (Å²) in [7, 11) is 0. The van der Waals surface area contributed by atoms with E-state index in [-0.39, 0.29) is 0 Å². The standard InChI is InChI=1S/C24H18O3/c1-15-11-13-17-7-3-5-9-19(17)21(15)23(25)27-24(26)22-16(2)12-14-18-8-4-6-10-20(18)22/h3-14H,1-2H3. The van der Waals surface area contributed by atoms with Crippen LogP contribution in [0.4, 0.5) is 0 Å². The van der Waals surface area contributed by atoms with Gasteiger partial charge in [-0.3, -0.25) is 0 Å². The fourth-order valence-electron chi connectivity index (χ4n) is 3.49. The Morgan fingerprint density at radius 3 is 1.44 bits per heavy atom. The number of esters is 2. The third-order valence-electron chi connectivity index (χ3n) is 4.87. The van der Waals surface area contributed by atoms with Crippen molar-refractivity contribution in [3.63, 3.8) is 0 Å². The largest absolute Gasteiger partial charge is 0.386 e. The first-order chi connectivity index (χ1) is 13.1. The van der Waals surface area contributed by atoms with E-state index >= 15 is 0 Å². The fourth-order valence-corrected chi connectivity index (χ4v) is 3.49. The molecule has 0 radical (unpaired) electrons. The van der Waals surface area contributed by atoms with Crippen molar-refractivity contribution in [1.29, 1.82) is 0 Å². The summed E-state index contributed by atoms with van der Waals surface area (Å²) < 4.78 is 5.32. The maximum Gasteiger partial charge on any atom is 0.346 e. The Bertz CT molecular complexity index is 1110. The maximum atomic E-state index is 12.9. The first-order valence-electron chi connectivity index (χ1n) is 8.79. The van der Waals surface area contributed by atoms with Crippen molar-refractivity contribution in [1.82, 2.24) is 0 Å². The lowest BCUT2D eigenvalue weighted by atomic mass is 9.99. The van der Waals surface area contributed by atoms with Gasteiger partial charge in [0, 0.05) is 0 Å². The summed E-state index contributed by atoms with van der Waals surface area (Å²) in [6.45, 7) is 3.69. The lowest BCUT2D eigenvalue weighted by Crippen LogP contribution is -2.15. The number of hydrogen-bond donors (Lipinski definition) is 0. The number of rotatable bonds is 2. The zero-order valence-electron chi connectivity index (χ0n) is 15.2. The van der Waals surface area contributed by atoms with Gasteiger partial charge >= 0.3 is 11.9 Å². The highest BCUT2D eigenvalue weighted by Crippen LogP contribution is 2.26. The third kappa shape index (κ3) is 2.97. The number of fused-ring (bicyclic) bond motifs is 2. The maximum absolute atomic E-state index is 12.9. The van der Waals surface area contributed by atoms with Crippen LogP contribution in [0.15, 0.2) is 72.8 Å². The van der Waals surface area contributed by atoms with Crippen LogP contribution in [0.2, 0.25) is 0 Å². The second-order valence-electron chi connectivity index (χ2n) is 6.63. The predicted molar refractivity (Wildman–Crippen MR) is 107 cm³/mol. The fraction of sp³-hybridized carbons (Fsp3) is 0.0833. The topological polar surface area (TPSA) is 43.4 Å². The van der Waals surface area contributed by atoms with Crippen molar-refractivity contribution >= 4 is 33.5 Å². The number of aryl methyl sites for hydroxylation is 2. The second-order valence-corrected chi connectivity index (χ2v) is 6.63. The molecule has 4 rings (SSSR count). The Kier molecular flexibility index (Phi) is 4.21. The number of benzene rings is 4. The van der Waals surface area contributed by atoms with E-state index in [1.165, 1.54) is 0 Å². The van der Waals surface area contributed by atoms with Gasteiger partial charge in [0.1, 0.15) is 0 Å². The monoisotopic (exact) mass is 354 g/mol. The number of carbonyl (C=O) groups is 2. The van der Waals surface area contributed by atoms with Crippen LogP contribution in [-0.4, -0.2) is 11.9 Å². The number of carbonyl (C=O) groups excluding carboxylic acids is 2. The molecule has 0 saturated carbocycles. The molecule has 0 atom stereocenters. The Balaban J connectivity index is 1.76. The van der Waals surface area contributed by atoms with Gasteiger partial charge in [0.25, 0.3) is 0 Å². The number of hydrogen-bond acceptors (Lipinski definition) is 3. The molecule has 4 aromatic carbocycles. The molecule has 0 bridgehead atoms. The summed E-state index contributed by atoms with van der Waals surface area (Å²) in [4.78, 5) is 25.7. The Morgan fingerprint density at radius 1 is 0.593 bits per heavy atom. The molecule has 0 aliphatic carbocycles. The molecule has 0 amide bonds. The molecule has 27 heavy (non-hydrogen) atoms. The first kappa shape index (κ1) is 17.0. The minimum atomic E-state index is -0.623. The van der Waals surface area contributed by atoms with Gasteiger partial charge in [-0.15, -0.1) is 0 Å². The van der Waals surface area contributed by atoms with Gasteiger partial charge in [-0.25, -0.2) is 9.59 Å². The van der Waals surface area contributed by atoms with Crippen molar-refractivity contribution < 1.29 is 14.3 Å². The summed E-state index contributed by atoms with van der Waals surface area (Å²) in [5, 5.41) is 3.43. The zero-order valence-corrected chi connectivity index (χ0v) is 15.2. The summed E-state index contributed by atoms with van der Waals surface area (Å²) in [5.74, 6) is -1.25. The Morgan fingerprint density at radius 2 is 1.00 bits per heavy atom. The number of ether oxygens (including phenoxy) is 1. The average Bonchev–Trinajstić information content (AvgIpc) is 2.67. The molecule has 3 heteroatoms. The first-order valence-corrected chi connectivity index (χ1v) is 8.79. The van der Waals surface area contributed by atoms with Gasteiger partial charge < -0.3 is 4.74 Å². The molecule has 0 saturated heterocycles. The summed E-state index contributed by atoms with van der Waals surface area (Å²) in [6, 6.07) is 22.8. The van der Waals surface area contributed by atoms with Gasteiger partial charge in [-0.2, -0.15) is 0 Å². The molecule has 0 aromatic heterocycles. The molecular weight excluding hydrogens is 336 g/mol. The normalized spacial score (nSPS) is 10.9. The van der Waals surface area contributed by atoms with E-state index < -0.39 is 11.9 Å². The van der Waals surface area contributed by atoms with E-state index in [1.54, 1.807) is 0 Å². The van der Waals surface area contributed by atoms with E-state index in [4.69, 9.17) is 4.74 Å². The Hall–Kier alpha value is -3.46. The molecular formula is C24H18O3. The highest BCUT2D eigenvalue weighted by Gasteiger charge is 2.22. The van der Waals surface area contributed by atoms with E-state index in [2.05, 4.69) is 0 Å². The SMILES string of the molecule is Cc1ccc2ccccc2c1C(=O)OC(=O)c1c(C)ccc2ccccc12. The highest BCUT2D eigenvalue weighted by molar-refractivity contribution is 6.14. The molecule has 3 nitrogen and oxygen atoms in total. The summed E-state index contributed by atoms with van der Waals surface area (Å²) in [6.07, 6.45) is 0. The molecule has 4 aromatic rings. The minimum absolute atomic E-state index is 0.430. The second kappa shape index (κ2) is 6.69. The Labute approximate surface area is 157 Å². The lowest BCUT2D eigenvalue weighted by Gasteiger charge is -2.12. The van der Waals surface area contributed by atoms with Crippen LogP contribution in [0, 0.1) is 13.8 Å². The van der Waals surface area contributed by atoms with Crippen LogP contribution in [0.25, 0.3) is 21.5 Å². The van der Waals surface area contributed by atoms with E-state index in [0.717, 1.165) is 32.7 Å². The smallest absolute Gasteiger partial charge is 0.346 e. The predicted octanol–water partition coefficient (Wildman–Crippen LogP) is 5.61. The van der Waals surface area contributed by atoms with E-state index in [1.807, 2.05) is 86.6 Å². The van der Waals surface area contributed by atoms with Crippen molar-refractivity contribution in [3.05, 3.63) is 95.1 Å². The highest BCUT2D eigenvalue weighted by atomic mass is 16.6. The van der Waals surface area contributed by atoms with Crippen molar-refractivity contribution in [2.24, 2.45) is 0 Å². The molecule has 0 heterocycles. The van der Waals surface area contributed by atoms with Crippen molar-refractivity contribution in [2.45, 2.75) is 13.8 Å². The zero-order chi connectivity index (χ0) is 19.0. The van der Waals surface area contributed by atoms with Gasteiger partial charge in [-0.05, 0) is 46.5 Å². The van der Waals surface area contributed by atoms with Gasteiger partial charge in [0.2, 0.25) is 0 Å². The van der Waals surface area contributed by atoms with Crippen LogP contribution in [-0.2, 0) is 4.74 Å². The quantitative estimate of drug-likeness (QED) is 0.347. The van der Waals surface area contributed by atoms with Crippen LogP contribution in [0.1, 0.15) is 31.8 Å². The molecule has 0 aliphatic rings. The third-order valence-corrected chi connectivity index (χ3v) is 4.87. The van der Waals surface area contributed by atoms with Gasteiger partial charge in [-0.1, -0.05) is 72.8 Å². The summed E-state index contributed by atoms with van der Waals surface area (Å²) >= 11 is 0. The van der Waals surface area contributed by atoms with Crippen molar-refractivity contribution in [2.75, 3.05) is 0 Å². The lowest BCUT2D eigenvalue weighted by molar-refractivity contribution is 0.0400. The molecule has 0 N–H and O–H groups in total. The molecule has 0 aliphatic heterocycles. The summed E-state index contributed by atoms with van der Waals surface area (Å²) in [5.41, 5.74) is 2.42. The van der Waals surface area contributed by atoms with Crippen LogP contribution in [0.5, 0.6) is 0 Å². The molecule has 132 valence electrons. The van der Waals surface area contributed by atoms with Crippen LogP contribution in [0.3, 0.4) is 0 Å². The van der Waals surface area contributed by atoms with E-state index in [9.17, 15) is 9.59 Å². The molecule has 0 fully saturated rings. The molecule has 0 unspecified atom stereocenters. The minimum Gasteiger partial charge on any atom is -0.386 e.